The Morgan fingerprint density at radius 1 is 1.25 bits per heavy atom. The molecule has 1 aromatic carbocycles. The van der Waals surface area contributed by atoms with Crippen LogP contribution in [0.5, 0.6) is 5.75 Å². The van der Waals surface area contributed by atoms with E-state index in [4.69, 9.17) is 4.74 Å². The second-order valence-corrected chi connectivity index (χ2v) is 6.18. The predicted molar refractivity (Wildman–Crippen MR) is 87.9 cm³/mol. The van der Waals surface area contributed by atoms with Gasteiger partial charge in [-0.3, -0.25) is 4.98 Å². The van der Waals surface area contributed by atoms with Gasteiger partial charge in [0, 0.05) is 12.7 Å². The molecule has 0 saturated carbocycles. The van der Waals surface area contributed by atoms with Crippen LogP contribution in [0, 0.1) is 6.92 Å². The zero-order chi connectivity index (χ0) is 14.5. The van der Waals surface area contributed by atoms with Crippen LogP contribution in [0.15, 0.2) is 39.4 Å². The van der Waals surface area contributed by atoms with Gasteiger partial charge in [0.05, 0.1) is 14.6 Å². The van der Waals surface area contributed by atoms with Gasteiger partial charge in [-0.25, -0.2) is 0 Å². The van der Waals surface area contributed by atoms with Crippen molar-refractivity contribution in [1.82, 2.24) is 10.3 Å². The third-order valence-corrected chi connectivity index (χ3v) is 4.09. The van der Waals surface area contributed by atoms with Crippen LogP contribution in [-0.2, 0) is 13.2 Å². The van der Waals surface area contributed by atoms with Crippen molar-refractivity contribution in [3.8, 4) is 5.75 Å². The summed E-state index contributed by atoms with van der Waals surface area (Å²) in [4.78, 5) is 4.33. The Balaban J connectivity index is 2.16. The number of hydrogen-bond acceptors (Lipinski definition) is 3. The molecule has 0 spiro atoms. The van der Waals surface area contributed by atoms with Gasteiger partial charge in [0.15, 0.2) is 0 Å². The summed E-state index contributed by atoms with van der Waals surface area (Å²) in [6.45, 7) is 3.30. The molecule has 0 amide bonds. The van der Waals surface area contributed by atoms with Crippen LogP contribution in [0.3, 0.4) is 0 Å². The summed E-state index contributed by atoms with van der Waals surface area (Å²) in [5.41, 5.74) is 3.27. The Kier molecular flexibility index (Phi) is 5.57. The summed E-state index contributed by atoms with van der Waals surface area (Å²) in [5.74, 6) is 0.801. The monoisotopic (exact) mass is 398 g/mol. The van der Waals surface area contributed by atoms with Crippen molar-refractivity contribution >= 4 is 31.9 Å². The molecule has 0 radical (unpaired) electrons. The predicted octanol–water partition coefficient (Wildman–Crippen LogP) is 4.21. The van der Waals surface area contributed by atoms with Gasteiger partial charge in [-0.15, -0.1) is 0 Å². The number of pyridine rings is 1. The number of nitrogens with zero attached hydrogens (tertiary/aromatic N) is 1. The normalized spacial score (nSPS) is 10.6. The van der Waals surface area contributed by atoms with E-state index in [1.807, 2.05) is 26.1 Å². The van der Waals surface area contributed by atoms with Gasteiger partial charge in [-0.1, -0.05) is 6.07 Å². The molecular weight excluding hydrogens is 384 g/mol. The lowest BCUT2D eigenvalue weighted by atomic mass is 10.2. The quantitative estimate of drug-likeness (QED) is 0.817. The summed E-state index contributed by atoms with van der Waals surface area (Å²) in [6.07, 6.45) is 1.78. The van der Waals surface area contributed by atoms with Crippen LogP contribution >= 0.6 is 31.9 Å². The lowest BCUT2D eigenvalue weighted by Crippen LogP contribution is -2.06. The van der Waals surface area contributed by atoms with Gasteiger partial charge in [0.2, 0.25) is 0 Å². The first-order valence-corrected chi connectivity index (χ1v) is 7.86. The highest BCUT2D eigenvalue weighted by molar-refractivity contribution is 9.11. The molecule has 0 aliphatic carbocycles. The topological polar surface area (TPSA) is 34.1 Å². The van der Waals surface area contributed by atoms with Crippen LogP contribution in [0.4, 0.5) is 0 Å². The molecule has 5 heteroatoms. The SMILES string of the molecule is CNCc1cc(Br)c(OCc2ncccc2C)c(Br)c1. The fourth-order valence-corrected chi connectivity index (χ4v) is 3.38. The van der Waals surface area contributed by atoms with E-state index in [9.17, 15) is 0 Å². The maximum absolute atomic E-state index is 5.89. The minimum absolute atomic E-state index is 0.454. The number of nitrogens with one attached hydrogen (secondary N) is 1. The molecule has 0 fully saturated rings. The fourth-order valence-electron chi connectivity index (χ4n) is 1.87. The van der Waals surface area contributed by atoms with Crippen molar-refractivity contribution in [3.63, 3.8) is 0 Å². The first kappa shape index (κ1) is 15.5. The molecular formula is C15H16Br2N2O. The van der Waals surface area contributed by atoms with Crippen LogP contribution in [-0.4, -0.2) is 12.0 Å². The molecule has 2 aromatic rings. The molecule has 3 nitrogen and oxygen atoms in total. The fraction of sp³-hybridized carbons (Fsp3) is 0.267. The largest absolute Gasteiger partial charge is 0.485 e. The Bertz CT molecular complexity index is 579. The van der Waals surface area contributed by atoms with E-state index in [0.29, 0.717) is 6.61 Å². The minimum atomic E-state index is 0.454. The molecule has 0 saturated heterocycles. The van der Waals surface area contributed by atoms with E-state index in [1.54, 1.807) is 6.20 Å². The Labute approximate surface area is 136 Å². The Morgan fingerprint density at radius 3 is 2.55 bits per heavy atom. The molecule has 2 rings (SSSR count). The smallest absolute Gasteiger partial charge is 0.148 e. The number of rotatable bonds is 5. The summed E-state index contributed by atoms with van der Waals surface area (Å²) >= 11 is 7.11. The van der Waals surface area contributed by atoms with Crippen LogP contribution in [0.1, 0.15) is 16.8 Å². The molecule has 0 unspecified atom stereocenters. The third kappa shape index (κ3) is 3.81. The summed E-state index contributed by atoms with van der Waals surface area (Å²) in [5, 5.41) is 3.13. The van der Waals surface area contributed by atoms with Crippen LogP contribution in [0.25, 0.3) is 0 Å². The van der Waals surface area contributed by atoms with Gasteiger partial charge in [0.25, 0.3) is 0 Å². The Hall–Kier alpha value is -0.910. The summed E-state index contributed by atoms with van der Waals surface area (Å²) < 4.78 is 7.76. The van der Waals surface area contributed by atoms with Crippen molar-refractivity contribution < 1.29 is 4.74 Å². The van der Waals surface area contributed by atoms with Crippen LogP contribution < -0.4 is 10.1 Å². The van der Waals surface area contributed by atoms with E-state index in [1.165, 1.54) is 5.56 Å². The molecule has 20 heavy (non-hydrogen) atoms. The summed E-state index contributed by atoms with van der Waals surface area (Å²) in [7, 11) is 1.93. The van der Waals surface area contributed by atoms with E-state index >= 15 is 0 Å². The van der Waals surface area contributed by atoms with Crippen molar-refractivity contribution in [3.05, 3.63) is 56.2 Å². The molecule has 0 bridgehead atoms. The van der Waals surface area contributed by atoms with Crippen LogP contribution in [0.2, 0.25) is 0 Å². The number of halogens is 2. The highest BCUT2D eigenvalue weighted by atomic mass is 79.9. The molecule has 0 aliphatic rings. The third-order valence-electron chi connectivity index (χ3n) is 2.91. The van der Waals surface area contributed by atoms with Crippen molar-refractivity contribution in [2.75, 3.05) is 7.05 Å². The standard InChI is InChI=1S/C15H16Br2N2O/c1-10-4-3-5-19-14(10)9-20-15-12(16)6-11(8-18-2)7-13(15)17/h3-7,18H,8-9H2,1-2H3. The highest BCUT2D eigenvalue weighted by Crippen LogP contribution is 2.35. The molecule has 1 heterocycles. The Morgan fingerprint density at radius 2 is 1.95 bits per heavy atom. The van der Waals surface area contributed by atoms with E-state index in [2.05, 4.69) is 54.3 Å². The maximum Gasteiger partial charge on any atom is 0.148 e. The molecule has 0 atom stereocenters. The second-order valence-electron chi connectivity index (χ2n) is 4.47. The lowest BCUT2D eigenvalue weighted by molar-refractivity contribution is 0.296. The number of hydrogen-bond donors (Lipinski definition) is 1. The number of aromatic nitrogens is 1. The van der Waals surface area contributed by atoms with E-state index in [-0.39, 0.29) is 0 Å². The molecule has 0 aliphatic heterocycles. The van der Waals surface area contributed by atoms with Gasteiger partial charge in [-0.2, -0.15) is 0 Å². The zero-order valence-corrected chi connectivity index (χ0v) is 14.6. The first-order chi connectivity index (χ1) is 9.61. The average molecular weight is 400 g/mol. The molecule has 106 valence electrons. The first-order valence-electron chi connectivity index (χ1n) is 6.27. The number of aryl methyl sites for hydroxylation is 1. The van der Waals surface area contributed by atoms with Crippen molar-refractivity contribution in [2.45, 2.75) is 20.1 Å². The van der Waals surface area contributed by atoms with E-state index in [0.717, 1.165) is 32.5 Å². The molecule has 1 aromatic heterocycles. The number of ether oxygens (including phenoxy) is 1. The number of benzene rings is 1. The van der Waals surface area contributed by atoms with Gasteiger partial charge in [0.1, 0.15) is 12.4 Å². The average Bonchev–Trinajstić information content (AvgIpc) is 2.40. The second kappa shape index (κ2) is 7.20. The van der Waals surface area contributed by atoms with Crippen molar-refractivity contribution in [2.24, 2.45) is 0 Å². The molecule has 1 N–H and O–H groups in total. The van der Waals surface area contributed by atoms with Gasteiger partial charge < -0.3 is 10.1 Å². The maximum atomic E-state index is 5.89. The van der Waals surface area contributed by atoms with Crippen molar-refractivity contribution in [1.29, 1.82) is 0 Å². The zero-order valence-electron chi connectivity index (χ0n) is 11.4. The highest BCUT2D eigenvalue weighted by Gasteiger charge is 2.10. The lowest BCUT2D eigenvalue weighted by Gasteiger charge is -2.13. The van der Waals surface area contributed by atoms with Gasteiger partial charge in [-0.05, 0) is 75.2 Å². The van der Waals surface area contributed by atoms with Gasteiger partial charge >= 0.3 is 0 Å². The summed E-state index contributed by atoms with van der Waals surface area (Å²) in [6, 6.07) is 8.08. The minimum Gasteiger partial charge on any atom is -0.485 e. The van der Waals surface area contributed by atoms with E-state index < -0.39 is 0 Å².